The van der Waals surface area contributed by atoms with Crippen molar-refractivity contribution in [3.8, 4) is 0 Å². The standard InChI is InChI=1S/C17H35N3/c1-6-11-12-15-17(18-16-13-14-16,19(7-2)8-3)20(9-4)10-5/h6-15H2,1-5H3. The van der Waals surface area contributed by atoms with Crippen molar-refractivity contribution in [2.45, 2.75) is 78.9 Å². The molecule has 1 aliphatic rings. The van der Waals surface area contributed by atoms with Crippen molar-refractivity contribution in [3.63, 3.8) is 0 Å². The minimum absolute atomic E-state index is 0.0754. The molecule has 1 fully saturated rings. The largest absolute Gasteiger partial charge is 0.267 e. The van der Waals surface area contributed by atoms with Gasteiger partial charge in [-0.2, -0.15) is 0 Å². The number of nitrogens with zero attached hydrogens (tertiary/aromatic N) is 3. The Labute approximate surface area is 126 Å². The summed E-state index contributed by atoms with van der Waals surface area (Å²) in [5.41, 5.74) is 1.43. The Morgan fingerprint density at radius 2 is 1.35 bits per heavy atom. The normalized spacial score (nSPS) is 15.2. The summed E-state index contributed by atoms with van der Waals surface area (Å²) in [7, 11) is 0. The number of hydrogen-bond donors (Lipinski definition) is 0. The van der Waals surface area contributed by atoms with E-state index < -0.39 is 0 Å². The first kappa shape index (κ1) is 17.6. The molecule has 0 saturated heterocycles. The van der Waals surface area contributed by atoms with Gasteiger partial charge in [-0.1, -0.05) is 47.5 Å². The van der Waals surface area contributed by atoms with Crippen LogP contribution < -0.4 is 0 Å². The van der Waals surface area contributed by atoms with Gasteiger partial charge in [0, 0.05) is 12.1 Å². The summed E-state index contributed by atoms with van der Waals surface area (Å²) >= 11 is 0. The average molecular weight is 281 g/mol. The second kappa shape index (κ2) is 8.78. The maximum Gasteiger partial charge on any atom is 0.169 e. The van der Waals surface area contributed by atoms with E-state index >= 15 is 0 Å². The van der Waals surface area contributed by atoms with Gasteiger partial charge >= 0.3 is 0 Å². The van der Waals surface area contributed by atoms with Crippen LogP contribution >= 0.6 is 0 Å². The van der Waals surface area contributed by atoms with Gasteiger partial charge in [0.25, 0.3) is 0 Å². The Balaban J connectivity index is 3.04. The second-order valence-corrected chi connectivity index (χ2v) is 5.75. The third kappa shape index (κ3) is 4.29. The molecule has 3 heteroatoms. The fraction of sp³-hybridized carbons (Fsp3) is 0.941. The second-order valence-electron chi connectivity index (χ2n) is 5.75. The quantitative estimate of drug-likeness (QED) is 0.419. The fourth-order valence-electron chi connectivity index (χ4n) is 3.21. The van der Waals surface area contributed by atoms with E-state index in [-0.39, 0.29) is 5.79 Å². The van der Waals surface area contributed by atoms with Crippen LogP contribution in [0.15, 0.2) is 4.99 Å². The number of hydrogen-bond acceptors (Lipinski definition) is 3. The highest BCUT2D eigenvalue weighted by molar-refractivity contribution is 5.98. The molecule has 0 heterocycles. The van der Waals surface area contributed by atoms with E-state index in [0.717, 1.165) is 26.2 Å². The van der Waals surface area contributed by atoms with Crippen molar-refractivity contribution in [2.24, 2.45) is 4.99 Å². The maximum atomic E-state index is 5.24. The summed E-state index contributed by atoms with van der Waals surface area (Å²) in [5.74, 6) is -0.0754. The van der Waals surface area contributed by atoms with Crippen LogP contribution in [0.2, 0.25) is 0 Å². The van der Waals surface area contributed by atoms with Crippen molar-refractivity contribution in [1.29, 1.82) is 0 Å². The molecular weight excluding hydrogens is 246 g/mol. The number of unbranched alkanes of at least 4 members (excludes halogenated alkanes) is 2. The Morgan fingerprint density at radius 3 is 1.70 bits per heavy atom. The highest BCUT2D eigenvalue weighted by Gasteiger charge is 2.40. The summed E-state index contributed by atoms with van der Waals surface area (Å²) < 4.78 is 0. The van der Waals surface area contributed by atoms with Crippen LogP contribution in [0, 0.1) is 0 Å². The molecule has 0 atom stereocenters. The lowest BCUT2D eigenvalue weighted by Crippen LogP contribution is -2.59. The van der Waals surface area contributed by atoms with E-state index in [2.05, 4.69) is 44.4 Å². The molecule has 1 rings (SSSR count). The third-order valence-corrected chi connectivity index (χ3v) is 4.47. The molecule has 0 bridgehead atoms. The molecular formula is C17H35N3. The predicted octanol–water partition coefficient (Wildman–Crippen LogP) is 4.14. The molecule has 0 N–H and O–H groups in total. The van der Waals surface area contributed by atoms with Gasteiger partial charge in [0.05, 0.1) is 0 Å². The zero-order valence-electron chi connectivity index (χ0n) is 14.4. The van der Waals surface area contributed by atoms with Crippen molar-refractivity contribution >= 4 is 5.71 Å². The first-order valence-corrected chi connectivity index (χ1v) is 8.76. The topological polar surface area (TPSA) is 18.8 Å². The van der Waals surface area contributed by atoms with Gasteiger partial charge in [-0.15, -0.1) is 0 Å². The molecule has 0 amide bonds. The van der Waals surface area contributed by atoms with Crippen molar-refractivity contribution in [3.05, 3.63) is 0 Å². The highest BCUT2D eigenvalue weighted by atomic mass is 15.5. The van der Waals surface area contributed by atoms with Gasteiger partial charge in [-0.25, -0.2) is 0 Å². The fourth-order valence-corrected chi connectivity index (χ4v) is 3.21. The average Bonchev–Trinajstić information content (AvgIpc) is 3.25. The molecule has 1 saturated carbocycles. The van der Waals surface area contributed by atoms with Crippen molar-refractivity contribution in [2.75, 3.05) is 26.2 Å². The molecule has 0 radical (unpaired) electrons. The monoisotopic (exact) mass is 281 g/mol. The Hall–Kier alpha value is -0.410. The Kier molecular flexibility index (Phi) is 7.75. The van der Waals surface area contributed by atoms with Crippen molar-refractivity contribution < 1.29 is 0 Å². The first-order valence-electron chi connectivity index (χ1n) is 8.76. The summed E-state index contributed by atoms with van der Waals surface area (Å²) in [4.78, 5) is 10.4. The lowest BCUT2D eigenvalue weighted by molar-refractivity contribution is -0.0515. The van der Waals surface area contributed by atoms with Crippen LogP contribution in [0.25, 0.3) is 0 Å². The van der Waals surface area contributed by atoms with Gasteiger partial charge < -0.3 is 0 Å². The summed E-state index contributed by atoms with van der Waals surface area (Å²) in [6.45, 7) is 15.7. The first-order chi connectivity index (χ1) is 9.68. The Bertz CT molecular complexity index is 273. The maximum absolute atomic E-state index is 5.24. The van der Waals surface area contributed by atoms with E-state index in [1.54, 1.807) is 0 Å². The predicted molar refractivity (Wildman–Crippen MR) is 89.4 cm³/mol. The van der Waals surface area contributed by atoms with Gasteiger partial charge in [-0.05, 0) is 45.4 Å². The van der Waals surface area contributed by atoms with Crippen LogP contribution in [0.4, 0.5) is 0 Å². The van der Waals surface area contributed by atoms with Crippen molar-refractivity contribution in [1.82, 2.24) is 9.80 Å². The molecule has 0 aromatic heterocycles. The van der Waals surface area contributed by atoms with Gasteiger partial charge in [0.2, 0.25) is 0 Å². The lowest BCUT2D eigenvalue weighted by atomic mass is 10.1. The van der Waals surface area contributed by atoms with Crippen LogP contribution in [0.5, 0.6) is 0 Å². The summed E-state index contributed by atoms with van der Waals surface area (Å²) in [5, 5.41) is 0. The van der Waals surface area contributed by atoms with Crippen LogP contribution in [0.3, 0.4) is 0 Å². The number of rotatable bonds is 11. The van der Waals surface area contributed by atoms with Gasteiger partial charge in [0.15, 0.2) is 5.79 Å². The molecule has 1 aliphatic carbocycles. The molecule has 118 valence electrons. The minimum atomic E-state index is -0.0754. The van der Waals surface area contributed by atoms with E-state index in [0.29, 0.717) is 0 Å². The Morgan fingerprint density at radius 1 is 0.850 bits per heavy atom. The van der Waals surface area contributed by atoms with Crippen LogP contribution in [-0.2, 0) is 0 Å². The van der Waals surface area contributed by atoms with Crippen LogP contribution in [0.1, 0.15) is 73.1 Å². The molecule has 20 heavy (non-hydrogen) atoms. The van der Waals surface area contributed by atoms with E-state index in [1.165, 1.54) is 44.2 Å². The molecule has 0 aliphatic heterocycles. The number of aliphatic imine (C=N–C) groups is 1. The van der Waals surface area contributed by atoms with E-state index in [9.17, 15) is 0 Å². The highest BCUT2D eigenvalue weighted by Crippen LogP contribution is 2.32. The smallest absolute Gasteiger partial charge is 0.169 e. The lowest BCUT2D eigenvalue weighted by Gasteiger charge is -2.47. The molecule has 0 unspecified atom stereocenters. The van der Waals surface area contributed by atoms with Gasteiger partial charge in [-0.3, -0.25) is 14.8 Å². The zero-order valence-corrected chi connectivity index (χ0v) is 14.4. The molecule has 0 aromatic carbocycles. The minimum Gasteiger partial charge on any atom is -0.267 e. The zero-order chi connectivity index (χ0) is 15.0. The third-order valence-electron chi connectivity index (χ3n) is 4.47. The molecule has 0 aromatic rings. The van der Waals surface area contributed by atoms with Gasteiger partial charge in [0.1, 0.15) is 0 Å². The van der Waals surface area contributed by atoms with Crippen LogP contribution in [-0.4, -0.2) is 47.5 Å². The summed E-state index contributed by atoms with van der Waals surface area (Å²) in [6.07, 6.45) is 7.49. The summed E-state index contributed by atoms with van der Waals surface area (Å²) in [6, 6.07) is 0. The molecule has 0 spiro atoms. The van der Waals surface area contributed by atoms with E-state index in [1.807, 2.05) is 0 Å². The van der Waals surface area contributed by atoms with E-state index in [4.69, 9.17) is 4.99 Å². The SMILES string of the molecule is CCCCCC(N=C1CC1)(N(CC)CC)N(CC)CC. The molecule has 3 nitrogen and oxygen atoms in total.